The highest BCUT2D eigenvalue weighted by molar-refractivity contribution is 5.86. The zero-order valence-electron chi connectivity index (χ0n) is 28.4. The van der Waals surface area contributed by atoms with Crippen LogP contribution in [0.1, 0.15) is 154 Å². The quantitative estimate of drug-likeness (QED) is 0.0552. The lowest BCUT2D eigenvalue weighted by Gasteiger charge is -2.28. The first kappa shape index (κ1) is 41.8. The van der Waals surface area contributed by atoms with Gasteiger partial charge in [0, 0.05) is 31.7 Å². The Kier molecular flexibility index (Phi) is 23.9. The largest absolute Gasteiger partial charge is 0.481 e. The topological polar surface area (TPSA) is 199 Å². The summed E-state index contributed by atoms with van der Waals surface area (Å²) in [4.78, 5) is 69.2. The Labute approximate surface area is 280 Å². The molecule has 0 unspecified atom stereocenters. The molecule has 3 amide bonds. The molecule has 12 heteroatoms. The third-order valence-electron chi connectivity index (χ3n) is 9.06. The third kappa shape index (κ3) is 23.7. The first-order valence-corrected chi connectivity index (χ1v) is 18.1. The van der Waals surface area contributed by atoms with Gasteiger partial charge in [-0.3, -0.25) is 24.0 Å². The molecule has 1 aliphatic carbocycles. The summed E-state index contributed by atoms with van der Waals surface area (Å²) in [6.45, 7) is 0.0449. The second kappa shape index (κ2) is 26.8. The molecule has 0 aromatic carbocycles. The van der Waals surface area contributed by atoms with Crippen LogP contribution >= 0.6 is 0 Å². The van der Waals surface area contributed by atoms with E-state index >= 15 is 0 Å². The van der Waals surface area contributed by atoms with Crippen LogP contribution in [0.4, 0.5) is 0 Å². The van der Waals surface area contributed by atoms with Crippen molar-refractivity contribution in [2.24, 2.45) is 11.8 Å². The van der Waals surface area contributed by atoms with E-state index in [1.165, 1.54) is 64.2 Å². The molecule has 1 fully saturated rings. The molecular weight excluding hydrogens is 606 g/mol. The Balaban J connectivity index is 1.99. The van der Waals surface area contributed by atoms with Crippen LogP contribution in [-0.4, -0.2) is 70.1 Å². The highest BCUT2D eigenvalue weighted by atomic mass is 16.4. The maximum atomic E-state index is 12.7. The van der Waals surface area contributed by atoms with E-state index in [0.29, 0.717) is 32.2 Å². The average Bonchev–Trinajstić information content (AvgIpc) is 3.03. The van der Waals surface area contributed by atoms with Gasteiger partial charge in [-0.25, -0.2) is 4.79 Å². The van der Waals surface area contributed by atoms with Crippen LogP contribution in [0, 0.1) is 11.8 Å². The second-order valence-electron chi connectivity index (χ2n) is 13.2. The lowest BCUT2D eigenvalue weighted by molar-refractivity contribution is -0.143. The molecule has 12 nitrogen and oxygen atoms in total. The standard InChI is InChI=1S/C35H61N3O9/c39-30(17-15-13-11-9-7-5-3-1-2-4-6-8-10-12-14-16-18-32(41)42)36-25-27-19-21-28(22-20-27)34(45)38-29(35(46)47)23-24-31(40)37-26-33(43)44/h27-29H,1-26H2,(H,36,39)(H,37,40)(H,38,45)(H,41,42)(H,43,44)(H,46,47)/t27?,28?,29-/m0/s1. The fourth-order valence-corrected chi connectivity index (χ4v) is 6.10. The van der Waals surface area contributed by atoms with Crippen LogP contribution in [-0.2, 0) is 28.8 Å². The number of hydrogen-bond acceptors (Lipinski definition) is 6. The van der Waals surface area contributed by atoms with E-state index in [4.69, 9.17) is 10.2 Å². The zero-order chi connectivity index (χ0) is 34.7. The molecule has 0 saturated heterocycles. The molecule has 1 atom stereocenters. The van der Waals surface area contributed by atoms with Crippen LogP contribution in [0.3, 0.4) is 0 Å². The highest BCUT2D eigenvalue weighted by Gasteiger charge is 2.29. The van der Waals surface area contributed by atoms with Gasteiger partial charge in [-0.2, -0.15) is 0 Å². The molecule has 0 heterocycles. The normalized spacial score (nSPS) is 16.6. The summed E-state index contributed by atoms with van der Waals surface area (Å²) in [5, 5.41) is 34.4. The van der Waals surface area contributed by atoms with Crippen molar-refractivity contribution in [2.45, 2.75) is 160 Å². The summed E-state index contributed by atoms with van der Waals surface area (Å²) in [6.07, 6.45) is 22.1. The highest BCUT2D eigenvalue weighted by Crippen LogP contribution is 2.29. The van der Waals surface area contributed by atoms with Gasteiger partial charge in [0.25, 0.3) is 0 Å². The SMILES string of the molecule is O=C(O)CCCCCCCCCCCCCCCCCCC(=O)NCC1CCC(C(=O)N[C@@H](CCC(=O)NCC(=O)O)C(=O)O)CC1. The molecule has 1 rings (SSSR count). The number of hydrogen-bond donors (Lipinski definition) is 6. The van der Waals surface area contributed by atoms with Crippen LogP contribution in [0.15, 0.2) is 0 Å². The lowest BCUT2D eigenvalue weighted by Crippen LogP contribution is -2.45. The number of nitrogens with one attached hydrogen (secondary N) is 3. The molecule has 0 spiro atoms. The van der Waals surface area contributed by atoms with Gasteiger partial charge in [0.15, 0.2) is 0 Å². The molecule has 1 aliphatic rings. The molecule has 0 aromatic heterocycles. The number of aliphatic carboxylic acids is 3. The first-order valence-electron chi connectivity index (χ1n) is 18.1. The van der Waals surface area contributed by atoms with Crippen LogP contribution in [0.5, 0.6) is 0 Å². The fraction of sp³-hybridized carbons (Fsp3) is 0.829. The van der Waals surface area contributed by atoms with Crippen LogP contribution in [0.2, 0.25) is 0 Å². The predicted molar refractivity (Wildman–Crippen MR) is 179 cm³/mol. The number of unbranched alkanes of at least 4 members (excludes halogenated alkanes) is 15. The molecule has 0 bridgehead atoms. The van der Waals surface area contributed by atoms with Crippen molar-refractivity contribution < 1.29 is 44.1 Å². The number of rotatable bonds is 29. The van der Waals surface area contributed by atoms with Gasteiger partial charge in [-0.1, -0.05) is 89.9 Å². The molecule has 270 valence electrons. The summed E-state index contributed by atoms with van der Waals surface area (Å²) < 4.78 is 0. The molecule has 47 heavy (non-hydrogen) atoms. The Morgan fingerprint density at radius 2 is 0.979 bits per heavy atom. The maximum absolute atomic E-state index is 12.7. The van der Waals surface area contributed by atoms with Crippen LogP contribution in [0.25, 0.3) is 0 Å². The molecule has 0 aliphatic heterocycles. The molecular formula is C35H61N3O9. The van der Waals surface area contributed by atoms with Crippen molar-refractivity contribution in [3.63, 3.8) is 0 Å². The van der Waals surface area contributed by atoms with E-state index in [9.17, 15) is 33.9 Å². The minimum absolute atomic E-state index is 0.0692. The van der Waals surface area contributed by atoms with Gasteiger partial charge in [-0.05, 0) is 50.9 Å². The summed E-state index contributed by atoms with van der Waals surface area (Å²) >= 11 is 0. The van der Waals surface area contributed by atoms with E-state index in [-0.39, 0.29) is 36.5 Å². The Bertz CT molecular complexity index is 935. The van der Waals surface area contributed by atoms with Crippen molar-refractivity contribution in [1.82, 2.24) is 16.0 Å². The van der Waals surface area contributed by atoms with Gasteiger partial charge >= 0.3 is 17.9 Å². The Morgan fingerprint density at radius 3 is 1.43 bits per heavy atom. The van der Waals surface area contributed by atoms with Gasteiger partial charge in [0.2, 0.25) is 17.7 Å². The van der Waals surface area contributed by atoms with Crippen LogP contribution < -0.4 is 16.0 Å². The van der Waals surface area contributed by atoms with E-state index in [1.54, 1.807) is 0 Å². The number of amides is 3. The second-order valence-corrected chi connectivity index (χ2v) is 13.2. The van der Waals surface area contributed by atoms with Crippen molar-refractivity contribution >= 4 is 35.6 Å². The maximum Gasteiger partial charge on any atom is 0.326 e. The van der Waals surface area contributed by atoms with Crippen molar-refractivity contribution in [3.8, 4) is 0 Å². The van der Waals surface area contributed by atoms with Gasteiger partial charge in [0.05, 0.1) is 0 Å². The minimum atomic E-state index is -1.24. The molecule has 6 N–H and O–H groups in total. The average molecular weight is 668 g/mol. The monoisotopic (exact) mass is 667 g/mol. The van der Waals surface area contributed by atoms with Crippen molar-refractivity contribution in [1.29, 1.82) is 0 Å². The Hall–Kier alpha value is -3.18. The smallest absolute Gasteiger partial charge is 0.326 e. The number of carbonyl (C=O) groups excluding carboxylic acids is 3. The Morgan fingerprint density at radius 1 is 0.532 bits per heavy atom. The summed E-state index contributed by atoms with van der Waals surface area (Å²) in [7, 11) is 0. The van der Waals surface area contributed by atoms with Crippen molar-refractivity contribution in [2.75, 3.05) is 13.1 Å². The summed E-state index contributed by atoms with van der Waals surface area (Å²) in [5.41, 5.74) is 0. The zero-order valence-corrected chi connectivity index (χ0v) is 28.4. The molecule has 0 aromatic rings. The van der Waals surface area contributed by atoms with E-state index in [0.717, 1.165) is 51.4 Å². The fourth-order valence-electron chi connectivity index (χ4n) is 6.10. The van der Waals surface area contributed by atoms with E-state index in [1.807, 2.05) is 0 Å². The lowest BCUT2D eigenvalue weighted by atomic mass is 9.81. The third-order valence-corrected chi connectivity index (χ3v) is 9.06. The summed E-state index contributed by atoms with van der Waals surface area (Å²) in [5.74, 6) is -4.02. The van der Waals surface area contributed by atoms with Gasteiger partial charge in [-0.15, -0.1) is 0 Å². The number of carboxylic acid groups (broad SMARTS) is 3. The summed E-state index contributed by atoms with van der Waals surface area (Å²) in [6, 6.07) is -1.22. The van der Waals surface area contributed by atoms with Crippen molar-refractivity contribution in [3.05, 3.63) is 0 Å². The minimum Gasteiger partial charge on any atom is -0.481 e. The van der Waals surface area contributed by atoms with Gasteiger partial charge < -0.3 is 31.3 Å². The van der Waals surface area contributed by atoms with E-state index < -0.39 is 36.4 Å². The van der Waals surface area contributed by atoms with E-state index in [2.05, 4.69) is 16.0 Å². The van der Waals surface area contributed by atoms with Gasteiger partial charge in [0.1, 0.15) is 12.6 Å². The first-order chi connectivity index (χ1) is 22.6. The molecule has 0 radical (unpaired) electrons. The number of carbonyl (C=O) groups is 6. The predicted octanol–water partition coefficient (Wildman–Crippen LogP) is 5.57. The molecule has 1 saturated carbocycles. The number of carboxylic acids is 3.